The van der Waals surface area contributed by atoms with Gasteiger partial charge in [0.15, 0.2) is 0 Å². The predicted octanol–water partition coefficient (Wildman–Crippen LogP) is -2.63. The van der Waals surface area contributed by atoms with E-state index in [4.69, 9.17) is 5.26 Å². The van der Waals surface area contributed by atoms with Crippen molar-refractivity contribution in [3.63, 3.8) is 0 Å². The maximum Gasteiger partial charge on any atom is 0.138 e. The molecule has 1 aliphatic heterocycles. The van der Waals surface area contributed by atoms with Crippen LogP contribution in [0.3, 0.4) is 0 Å². The fourth-order valence-corrected chi connectivity index (χ4v) is 2.11. The lowest BCUT2D eigenvalue weighted by molar-refractivity contribution is -1.15. The molecule has 76 valence electrons. The Morgan fingerprint density at radius 1 is 1.38 bits per heavy atom. The molecule has 0 saturated carbocycles. The number of nitrogens with zero attached hydrogens (tertiary/aromatic N) is 1. The molecule has 3 nitrogen and oxygen atoms in total. The average molecular weight is 205 g/mol. The summed E-state index contributed by atoms with van der Waals surface area (Å²) in [5.74, 6) is -0.0486. The third kappa shape index (κ3) is 1.80. The Morgan fingerprint density at radius 2 is 1.85 bits per heavy atom. The van der Waals surface area contributed by atoms with Crippen molar-refractivity contribution in [3.05, 3.63) is 0 Å². The summed E-state index contributed by atoms with van der Waals surface area (Å²) in [7, 11) is 0. The number of nitrogens with one attached hydrogen (secondary N) is 1. The normalized spacial score (nSPS) is 34.8. The van der Waals surface area contributed by atoms with E-state index in [0.29, 0.717) is 5.06 Å². The molecule has 0 radical (unpaired) electrons. The highest BCUT2D eigenvalue weighted by Crippen LogP contribution is 2.29. The van der Waals surface area contributed by atoms with Gasteiger partial charge in [-0.3, -0.25) is 0 Å². The van der Waals surface area contributed by atoms with E-state index in [-0.39, 0.29) is 29.4 Å². The van der Waals surface area contributed by atoms with Crippen molar-refractivity contribution in [1.29, 1.82) is 5.26 Å². The van der Waals surface area contributed by atoms with E-state index in [1.54, 1.807) is 0 Å². The van der Waals surface area contributed by atoms with Crippen molar-refractivity contribution in [2.75, 3.05) is 0 Å². The first-order valence-electron chi connectivity index (χ1n) is 4.29. The smallest absolute Gasteiger partial charge is 0.138 e. The Labute approximate surface area is 85.7 Å². The van der Waals surface area contributed by atoms with Gasteiger partial charge >= 0.3 is 0 Å². The summed E-state index contributed by atoms with van der Waals surface area (Å²) in [6.45, 7) is 7.85. The monoisotopic (exact) mass is 204 g/mol. The highest BCUT2D eigenvalue weighted by atomic mass is 35.5. The molecular formula is C9H17ClN2O. The van der Waals surface area contributed by atoms with Gasteiger partial charge in [-0.2, -0.15) is 10.3 Å². The van der Waals surface area contributed by atoms with Crippen molar-refractivity contribution in [3.8, 4) is 6.07 Å². The Balaban J connectivity index is 0.00000144. The van der Waals surface area contributed by atoms with Crippen LogP contribution in [-0.2, 0) is 0 Å². The SMILES string of the molecule is CC1(C)CC(C#N)C(C)(C)[NH+]1O.[Cl-]. The first-order valence-corrected chi connectivity index (χ1v) is 4.29. The molecule has 0 aliphatic carbocycles. The number of halogens is 1. The molecule has 4 heteroatoms. The van der Waals surface area contributed by atoms with E-state index in [1.165, 1.54) is 0 Å². The molecule has 2 N–H and O–H groups in total. The number of rotatable bonds is 0. The largest absolute Gasteiger partial charge is 1.00 e. The third-order valence-corrected chi connectivity index (χ3v) is 2.99. The van der Waals surface area contributed by atoms with E-state index in [9.17, 15) is 5.21 Å². The molecule has 2 unspecified atom stereocenters. The number of hydrogen-bond acceptors (Lipinski definition) is 2. The summed E-state index contributed by atoms with van der Waals surface area (Å²) in [5.41, 5.74) is -0.526. The molecule has 0 spiro atoms. The van der Waals surface area contributed by atoms with Crippen LogP contribution in [0.15, 0.2) is 0 Å². The van der Waals surface area contributed by atoms with Gasteiger partial charge in [-0.1, -0.05) is 0 Å². The van der Waals surface area contributed by atoms with Crippen molar-refractivity contribution >= 4 is 0 Å². The fourth-order valence-electron chi connectivity index (χ4n) is 2.11. The van der Waals surface area contributed by atoms with E-state index < -0.39 is 0 Å². The van der Waals surface area contributed by atoms with Crippen LogP contribution >= 0.6 is 0 Å². The minimum Gasteiger partial charge on any atom is -1.00 e. The predicted molar refractivity (Wildman–Crippen MR) is 44.6 cm³/mol. The zero-order chi connectivity index (χ0) is 9.57. The average Bonchev–Trinajstić information content (AvgIpc) is 2.11. The highest BCUT2D eigenvalue weighted by Gasteiger charge is 2.56. The molecule has 0 bridgehead atoms. The molecule has 13 heavy (non-hydrogen) atoms. The van der Waals surface area contributed by atoms with Gasteiger partial charge in [-0.15, -0.1) is 0 Å². The van der Waals surface area contributed by atoms with Crippen molar-refractivity contribution in [2.45, 2.75) is 45.2 Å². The van der Waals surface area contributed by atoms with Crippen LogP contribution < -0.4 is 17.5 Å². The minimum absolute atomic E-state index is 0. The Hall–Kier alpha value is -0.300. The lowest BCUT2D eigenvalue weighted by atomic mass is 9.88. The molecule has 1 rings (SSSR count). The van der Waals surface area contributed by atoms with Crippen LogP contribution in [0, 0.1) is 17.2 Å². The molecule has 2 atom stereocenters. The van der Waals surface area contributed by atoms with Gasteiger partial charge in [0.05, 0.1) is 6.07 Å². The van der Waals surface area contributed by atoms with Gasteiger partial charge in [0.2, 0.25) is 0 Å². The summed E-state index contributed by atoms with van der Waals surface area (Å²) >= 11 is 0. The van der Waals surface area contributed by atoms with Crippen molar-refractivity contribution in [2.24, 2.45) is 5.92 Å². The molecule has 0 aromatic heterocycles. The minimum atomic E-state index is -0.335. The topological polar surface area (TPSA) is 48.5 Å². The third-order valence-electron chi connectivity index (χ3n) is 2.99. The zero-order valence-corrected chi connectivity index (χ0v) is 9.31. The second-order valence-corrected chi connectivity index (χ2v) is 4.84. The molecule has 0 aromatic carbocycles. The molecular weight excluding hydrogens is 188 g/mol. The molecule has 1 fully saturated rings. The molecule has 1 aliphatic rings. The number of nitriles is 1. The number of quaternary nitrogens is 1. The summed E-state index contributed by atoms with van der Waals surface area (Å²) < 4.78 is 0. The van der Waals surface area contributed by atoms with E-state index in [1.807, 2.05) is 27.7 Å². The van der Waals surface area contributed by atoms with Gasteiger partial charge in [-0.05, 0) is 27.7 Å². The van der Waals surface area contributed by atoms with Gasteiger partial charge in [0.1, 0.15) is 17.0 Å². The van der Waals surface area contributed by atoms with Crippen LogP contribution in [-0.4, -0.2) is 16.3 Å². The first kappa shape index (κ1) is 12.7. The quantitative estimate of drug-likeness (QED) is 0.454. The van der Waals surface area contributed by atoms with Crippen molar-refractivity contribution < 1.29 is 22.7 Å². The highest BCUT2D eigenvalue weighted by molar-refractivity contribution is 5.01. The first-order chi connectivity index (χ1) is 5.32. The Morgan fingerprint density at radius 3 is 2.00 bits per heavy atom. The number of hydroxylamine groups is 2. The number of hydrogen-bond donors (Lipinski definition) is 2. The summed E-state index contributed by atoms with van der Waals surface area (Å²) in [5, 5.41) is 19.2. The van der Waals surface area contributed by atoms with Crippen LogP contribution in [0.5, 0.6) is 0 Å². The Kier molecular flexibility index (Phi) is 3.37. The maximum absolute atomic E-state index is 9.85. The van der Waals surface area contributed by atoms with Gasteiger partial charge in [0.25, 0.3) is 0 Å². The van der Waals surface area contributed by atoms with Gasteiger partial charge in [0, 0.05) is 6.42 Å². The molecule has 1 heterocycles. The molecule has 0 amide bonds. The van der Waals surface area contributed by atoms with Crippen LogP contribution in [0.4, 0.5) is 0 Å². The summed E-state index contributed by atoms with van der Waals surface area (Å²) in [6.07, 6.45) is 0.766. The van der Waals surface area contributed by atoms with Crippen LogP contribution in [0.2, 0.25) is 0 Å². The lowest BCUT2D eigenvalue weighted by Crippen LogP contribution is -3.21. The fraction of sp³-hybridized carbons (Fsp3) is 0.889. The zero-order valence-electron chi connectivity index (χ0n) is 8.56. The molecule has 1 saturated heterocycles. The van der Waals surface area contributed by atoms with Crippen LogP contribution in [0.1, 0.15) is 34.1 Å². The Bertz CT molecular complexity index is 232. The lowest BCUT2D eigenvalue weighted by Gasteiger charge is -2.29. The standard InChI is InChI=1S/C9H16N2O.ClH/c1-8(2)5-7(6-10)9(3,4)11(8)12;/h7,12H,5H2,1-4H3;1H. The molecule has 0 aromatic rings. The summed E-state index contributed by atoms with van der Waals surface area (Å²) in [4.78, 5) is 0. The van der Waals surface area contributed by atoms with E-state index in [0.717, 1.165) is 6.42 Å². The maximum atomic E-state index is 9.85. The van der Waals surface area contributed by atoms with Gasteiger partial charge < -0.3 is 12.4 Å². The van der Waals surface area contributed by atoms with E-state index >= 15 is 0 Å². The second kappa shape index (κ2) is 3.45. The van der Waals surface area contributed by atoms with Crippen molar-refractivity contribution in [1.82, 2.24) is 0 Å². The summed E-state index contributed by atoms with van der Waals surface area (Å²) in [6, 6.07) is 2.26. The van der Waals surface area contributed by atoms with Crippen LogP contribution in [0.25, 0.3) is 0 Å². The van der Waals surface area contributed by atoms with E-state index in [2.05, 4.69) is 6.07 Å². The van der Waals surface area contributed by atoms with Gasteiger partial charge in [-0.25, -0.2) is 5.21 Å². The second-order valence-electron chi connectivity index (χ2n) is 4.84.